The van der Waals surface area contributed by atoms with Crippen molar-refractivity contribution in [3.63, 3.8) is 0 Å². The maximum Gasteiger partial charge on any atom is 0.300 e. The van der Waals surface area contributed by atoms with Gasteiger partial charge in [0, 0.05) is 17.7 Å². The molecule has 0 aliphatic rings. The highest BCUT2D eigenvalue weighted by atomic mass is 32.2. The van der Waals surface area contributed by atoms with Gasteiger partial charge < -0.3 is 22.3 Å². The minimum absolute atomic E-state index is 0.333. The molecule has 0 saturated carbocycles. The van der Waals surface area contributed by atoms with Crippen molar-refractivity contribution in [2.45, 2.75) is 11.8 Å². The summed E-state index contributed by atoms with van der Waals surface area (Å²) < 4.78 is 0. The second kappa shape index (κ2) is 12.3. The number of aliphatic carboxylic acids is 1. The van der Waals surface area contributed by atoms with Gasteiger partial charge in [0.15, 0.2) is 5.96 Å². The molecule has 7 heteroatoms. The van der Waals surface area contributed by atoms with Gasteiger partial charge in [-0.2, -0.15) is 0 Å². The van der Waals surface area contributed by atoms with Crippen molar-refractivity contribution in [3.05, 3.63) is 30.3 Å². The van der Waals surface area contributed by atoms with Crippen molar-refractivity contribution in [1.29, 1.82) is 5.41 Å². The van der Waals surface area contributed by atoms with E-state index in [0.717, 1.165) is 6.92 Å². The number of guanidine groups is 1. The lowest BCUT2D eigenvalue weighted by Gasteiger charge is -1.93. The number of hydrogen-bond donors (Lipinski definition) is 5. The Kier molecular flexibility index (Phi) is 12.8. The van der Waals surface area contributed by atoms with Gasteiger partial charge >= 0.3 is 0 Å². The zero-order chi connectivity index (χ0) is 13.7. The van der Waals surface area contributed by atoms with Gasteiger partial charge in [-0.15, -0.1) is 11.8 Å². The van der Waals surface area contributed by atoms with Crippen LogP contribution in [-0.2, 0) is 4.79 Å². The van der Waals surface area contributed by atoms with Gasteiger partial charge in [-0.25, -0.2) is 0 Å². The third-order valence-electron chi connectivity index (χ3n) is 0.993. The van der Waals surface area contributed by atoms with Gasteiger partial charge in [0.25, 0.3) is 5.97 Å². The molecule has 0 aliphatic carbocycles. The summed E-state index contributed by atoms with van der Waals surface area (Å²) in [5.74, 6) is -0.510. The van der Waals surface area contributed by atoms with Crippen LogP contribution in [0.4, 0.5) is 0 Å². The molecule has 0 atom stereocenters. The smallest absolute Gasteiger partial charge is 0.300 e. The first-order valence-corrected chi connectivity index (χ1v) is 5.55. The van der Waals surface area contributed by atoms with E-state index in [1.807, 2.05) is 18.2 Å². The van der Waals surface area contributed by atoms with Crippen molar-refractivity contribution in [3.8, 4) is 0 Å². The molecule has 0 radical (unpaired) electrons. The van der Waals surface area contributed by atoms with Crippen LogP contribution in [0, 0.1) is 5.41 Å². The fraction of sp³-hybridized carbons (Fsp3) is 0.200. The molecule has 0 spiro atoms. The molecule has 1 aromatic rings. The van der Waals surface area contributed by atoms with E-state index in [9.17, 15) is 0 Å². The van der Waals surface area contributed by atoms with Crippen molar-refractivity contribution in [2.24, 2.45) is 17.2 Å². The van der Waals surface area contributed by atoms with Gasteiger partial charge in [0.1, 0.15) is 0 Å². The molecule has 17 heavy (non-hydrogen) atoms. The van der Waals surface area contributed by atoms with Crippen LogP contribution in [0.3, 0.4) is 0 Å². The van der Waals surface area contributed by atoms with Crippen molar-refractivity contribution >= 4 is 23.7 Å². The van der Waals surface area contributed by atoms with E-state index < -0.39 is 5.97 Å². The largest absolute Gasteiger partial charge is 0.481 e. The van der Waals surface area contributed by atoms with Gasteiger partial charge in [-0.1, -0.05) is 18.2 Å². The van der Waals surface area contributed by atoms with Crippen LogP contribution in [0.2, 0.25) is 0 Å². The Hall–Kier alpha value is -1.73. The predicted octanol–water partition coefficient (Wildman–Crippen LogP) is 0.624. The number of nitrogens with two attached hydrogens (primary N) is 3. The molecule has 0 fully saturated rings. The van der Waals surface area contributed by atoms with Crippen LogP contribution in [0.1, 0.15) is 6.92 Å². The van der Waals surface area contributed by atoms with Crippen molar-refractivity contribution in [2.75, 3.05) is 5.88 Å². The Morgan fingerprint density at radius 2 is 1.71 bits per heavy atom. The quantitative estimate of drug-likeness (QED) is 0.228. The first-order valence-electron chi connectivity index (χ1n) is 4.57. The SMILES string of the molecule is CC(=O)O.N=C(N)N.NCSc1ccccc1. The number of thioether (sulfide) groups is 1. The Balaban J connectivity index is 0. The zero-order valence-electron chi connectivity index (χ0n) is 9.59. The maximum absolute atomic E-state index is 9.00. The van der Waals surface area contributed by atoms with E-state index >= 15 is 0 Å². The molecule has 0 aromatic heterocycles. The lowest BCUT2D eigenvalue weighted by molar-refractivity contribution is -0.134. The molecule has 6 nitrogen and oxygen atoms in total. The number of carboxylic acid groups (broad SMARTS) is 1. The fourth-order valence-electron chi connectivity index (χ4n) is 0.613. The van der Waals surface area contributed by atoms with Gasteiger partial charge in [0.05, 0.1) is 0 Å². The molecule has 0 heterocycles. The molecule has 0 bridgehead atoms. The Bertz CT molecular complexity index is 299. The molecule has 0 unspecified atom stereocenters. The third-order valence-corrected chi connectivity index (χ3v) is 1.77. The average Bonchev–Trinajstić information content (AvgIpc) is 2.18. The molecule has 1 aromatic carbocycles. The van der Waals surface area contributed by atoms with Crippen LogP contribution < -0.4 is 17.2 Å². The van der Waals surface area contributed by atoms with Crippen LogP contribution in [0.5, 0.6) is 0 Å². The van der Waals surface area contributed by atoms with E-state index in [1.54, 1.807) is 11.8 Å². The summed E-state index contributed by atoms with van der Waals surface area (Å²) in [6, 6.07) is 10.1. The highest BCUT2D eigenvalue weighted by Gasteiger charge is 1.85. The topological polar surface area (TPSA) is 139 Å². The first kappa shape index (κ1) is 17.7. The average molecular weight is 258 g/mol. The summed E-state index contributed by atoms with van der Waals surface area (Å²) in [6.45, 7) is 1.08. The summed E-state index contributed by atoms with van der Waals surface area (Å²) in [5, 5.41) is 13.5. The molecule has 1 rings (SSSR count). The second-order valence-corrected chi connectivity index (χ2v) is 3.69. The summed E-state index contributed by atoms with van der Waals surface area (Å²) in [7, 11) is 0. The zero-order valence-corrected chi connectivity index (χ0v) is 10.4. The summed E-state index contributed by atoms with van der Waals surface area (Å²) in [6.07, 6.45) is 0. The van der Waals surface area contributed by atoms with Gasteiger partial charge in [0.2, 0.25) is 0 Å². The lowest BCUT2D eigenvalue weighted by atomic mass is 10.4. The molecule has 0 saturated heterocycles. The van der Waals surface area contributed by atoms with Crippen LogP contribution in [0.25, 0.3) is 0 Å². The molecule has 0 aliphatic heterocycles. The molecular formula is C10H18N4O2S. The van der Waals surface area contributed by atoms with Gasteiger partial charge in [-0.3, -0.25) is 10.2 Å². The molecule has 0 amide bonds. The van der Waals surface area contributed by atoms with Crippen LogP contribution in [-0.4, -0.2) is 22.9 Å². The van der Waals surface area contributed by atoms with E-state index in [0.29, 0.717) is 5.88 Å². The number of nitrogens with one attached hydrogen (secondary N) is 1. The number of rotatable bonds is 2. The maximum atomic E-state index is 9.00. The summed E-state index contributed by atoms with van der Waals surface area (Å²) in [5.41, 5.74) is 14.3. The lowest BCUT2D eigenvalue weighted by Crippen LogP contribution is -2.20. The van der Waals surface area contributed by atoms with Crippen LogP contribution in [0.15, 0.2) is 35.2 Å². The fourth-order valence-corrected chi connectivity index (χ4v) is 1.15. The monoisotopic (exact) mass is 258 g/mol. The summed E-state index contributed by atoms with van der Waals surface area (Å²) in [4.78, 5) is 10.2. The van der Waals surface area contributed by atoms with E-state index in [-0.39, 0.29) is 5.96 Å². The predicted molar refractivity (Wildman–Crippen MR) is 70.8 cm³/mol. The second-order valence-electron chi connectivity index (χ2n) is 2.60. The molecule has 8 N–H and O–H groups in total. The number of benzene rings is 1. The van der Waals surface area contributed by atoms with E-state index in [4.69, 9.17) is 21.0 Å². The standard InChI is InChI=1S/C7H9NS.C2H4O2.CH5N3/c8-6-9-7-4-2-1-3-5-7;1-2(3)4;2-1(3)4/h1-5H,6,8H2;1H3,(H,3,4);(H5,2,3,4). The normalized spacial score (nSPS) is 7.88. The number of hydrogen-bond acceptors (Lipinski definition) is 4. The van der Waals surface area contributed by atoms with E-state index in [1.165, 1.54) is 4.90 Å². The molecule has 96 valence electrons. The Morgan fingerprint density at radius 3 is 2.00 bits per heavy atom. The highest BCUT2D eigenvalue weighted by molar-refractivity contribution is 7.99. The highest BCUT2D eigenvalue weighted by Crippen LogP contribution is 2.13. The number of carbonyl (C=O) groups is 1. The minimum atomic E-state index is -0.833. The number of carboxylic acids is 1. The minimum Gasteiger partial charge on any atom is -0.481 e. The van der Waals surface area contributed by atoms with Crippen LogP contribution >= 0.6 is 11.8 Å². The van der Waals surface area contributed by atoms with Crippen molar-refractivity contribution in [1.82, 2.24) is 0 Å². The summed E-state index contributed by atoms with van der Waals surface area (Å²) >= 11 is 1.65. The van der Waals surface area contributed by atoms with Gasteiger partial charge in [-0.05, 0) is 12.1 Å². The van der Waals surface area contributed by atoms with E-state index in [2.05, 4.69) is 23.6 Å². The Labute approximate surface area is 105 Å². The molecular weight excluding hydrogens is 240 g/mol. The van der Waals surface area contributed by atoms with Crippen molar-refractivity contribution < 1.29 is 9.90 Å². The third kappa shape index (κ3) is 25.0. The Morgan fingerprint density at radius 1 is 1.35 bits per heavy atom. The first-order chi connectivity index (χ1) is 7.90.